The molecule has 0 atom stereocenters. The first-order chi connectivity index (χ1) is 8.54. The molecule has 1 radical (unpaired) electrons. The van der Waals surface area contributed by atoms with Crippen LogP contribution in [0.25, 0.3) is 5.70 Å². The fourth-order valence-corrected chi connectivity index (χ4v) is 2.13. The molecule has 1 aliphatic heterocycles. The first-order valence-electron chi connectivity index (χ1n) is 5.46. The number of hydrogen-bond acceptors (Lipinski definition) is 1. The van der Waals surface area contributed by atoms with Crippen molar-refractivity contribution in [1.29, 1.82) is 0 Å². The Labute approximate surface area is 147 Å². The van der Waals surface area contributed by atoms with Crippen LogP contribution < -0.4 is 0 Å². The molecule has 0 aromatic heterocycles. The molecule has 0 amide bonds. The second kappa shape index (κ2) is 7.03. The van der Waals surface area contributed by atoms with Gasteiger partial charge in [-0.1, -0.05) is 35.5 Å². The van der Waals surface area contributed by atoms with Crippen molar-refractivity contribution in [2.75, 3.05) is 6.54 Å². The summed E-state index contributed by atoms with van der Waals surface area (Å²) in [6.07, 6.45) is 4.58. The Morgan fingerprint density at radius 2 is 2.05 bits per heavy atom. The number of halogens is 3. The van der Waals surface area contributed by atoms with Gasteiger partial charge in [0.25, 0.3) is 0 Å². The number of allylic oxidation sites excluding steroid dienone is 3. The van der Waals surface area contributed by atoms with Crippen molar-refractivity contribution >= 4 is 28.9 Å². The van der Waals surface area contributed by atoms with Crippen LogP contribution in [0.15, 0.2) is 41.6 Å². The molecule has 1 aromatic rings. The van der Waals surface area contributed by atoms with Crippen molar-refractivity contribution in [3.8, 4) is 0 Å². The number of hydrogen-bond donors (Lipinski definition) is 0. The molecule has 1 aliphatic rings. The molecule has 0 N–H and O–H groups in total. The molecule has 0 fully saturated rings. The van der Waals surface area contributed by atoms with Gasteiger partial charge in [0.2, 0.25) is 0 Å². The van der Waals surface area contributed by atoms with Crippen molar-refractivity contribution < 1.29 is 37.1 Å². The summed E-state index contributed by atoms with van der Waals surface area (Å²) >= 11 is 11.7. The van der Waals surface area contributed by atoms with E-state index in [4.69, 9.17) is 23.2 Å². The Balaban J connectivity index is 0.00000180. The zero-order chi connectivity index (χ0) is 13.3. The van der Waals surface area contributed by atoms with E-state index in [0.29, 0.717) is 33.6 Å². The van der Waals surface area contributed by atoms with Crippen LogP contribution in [-0.4, -0.2) is 11.4 Å². The minimum absolute atomic E-state index is 0. The predicted molar refractivity (Wildman–Crippen MR) is 73.5 cm³/mol. The summed E-state index contributed by atoms with van der Waals surface area (Å²) in [5.74, 6) is -0.386. The molecule has 0 unspecified atom stereocenters. The third-order valence-corrected chi connectivity index (χ3v) is 3.27. The number of nitrogens with zero attached hydrogens (tertiary/aromatic N) is 1. The minimum atomic E-state index is -0.386. The number of benzene rings is 1. The smallest absolute Gasteiger partial charge is 0.0796 e. The maximum atomic E-state index is 13.9. The third-order valence-electron chi connectivity index (χ3n) is 2.71. The van der Waals surface area contributed by atoms with E-state index in [2.05, 4.69) is 12.7 Å². The Kier molecular flexibility index (Phi) is 6.26. The maximum absolute atomic E-state index is 13.9. The van der Waals surface area contributed by atoms with Crippen LogP contribution in [0.3, 0.4) is 0 Å². The van der Waals surface area contributed by atoms with E-state index in [1.165, 1.54) is 6.07 Å². The quantitative estimate of drug-likeness (QED) is 0.687. The molecule has 97 valence electrons. The Hall–Kier alpha value is -0.146. The van der Waals surface area contributed by atoms with Crippen molar-refractivity contribution in [3.05, 3.63) is 64.1 Å². The van der Waals surface area contributed by atoms with E-state index in [1.54, 1.807) is 18.2 Å². The van der Waals surface area contributed by atoms with Gasteiger partial charge >= 0.3 is 0 Å². The monoisotopic (exact) mass is 371 g/mol. The molecule has 0 saturated carbocycles. The van der Waals surface area contributed by atoms with E-state index < -0.39 is 0 Å². The molecule has 0 spiro atoms. The van der Waals surface area contributed by atoms with Gasteiger partial charge in [0, 0.05) is 44.3 Å². The van der Waals surface area contributed by atoms with Crippen LogP contribution in [0.1, 0.15) is 12.5 Å². The van der Waals surface area contributed by atoms with Crippen LogP contribution in [0.2, 0.25) is 5.02 Å². The zero-order valence-corrected chi connectivity index (χ0v) is 14.7. The van der Waals surface area contributed by atoms with E-state index in [9.17, 15) is 4.39 Å². The van der Waals surface area contributed by atoms with Gasteiger partial charge in [-0.2, -0.15) is 23.8 Å². The fraction of sp³-hybridized carbons (Fsp3) is 0.143. The summed E-state index contributed by atoms with van der Waals surface area (Å²) in [6.45, 7) is 6.46. The van der Waals surface area contributed by atoms with Crippen molar-refractivity contribution in [1.82, 2.24) is 4.90 Å². The van der Waals surface area contributed by atoms with E-state index >= 15 is 0 Å². The summed E-state index contributed by atoms with van der Waals surface area (Å²) in [5.41, 5.74) is 1.69. The molecular weight excluding hydrogens is 361 g/mol. The van der Waals surface area contributed by atoms with Gasteiger partial charge in [-0.3, -0.25) is 0 Å². The van der Waals surface area contributed by atoms with Gasteiger partial charge in [-0.15, -0.1) is 6.07 Å². The van der Waals surface area contributed by atoms with Crippen LogP contribution in [-0.2, 0) is 32.7 Å². The first kappa shape index (κ1) is 16.9. The maximum Gasteiger partial charge on any atom is 0.0796 e. The minimum Gasteiger partial charge on any atom is -0.374 e. The molecule has 2 rings (SSSR count). The zero-order valence-electron chi connectivity index (χ0n) is 10.4. The predicted octanol–water partition coefficient (Wildman–Crippen LogP) is 4.59. The molecule has 1 aromatic carbocycles. The molecule has 1 nitrogen and oxygen atoms in total. The number of likely N-dealkylation sites (N-methyl/N-ethyl adjacent to an activating group) is 1. The van der Waals surface area contributed by atoms with Crippen LogP contribution in [0.4, 0.5) is 4.39 Å². The van der Waals surface area contributed by atoms with Crippen LogP contribution in [0, 0.1) is 11.9 Å². The normalized spacial score (nSPS) is 14.7. The standard InChI is InChI=1S/C14H11Cl2FN.Y/c1-3-18-9(2)12(16)6-7-14(18)11-5-4-10(15)8-13(11)17;/h4-6,8H,2-3H2,1H3;/q-1;. The average molecular weight is 372 g/mol. The van der Waals surface area contributed by atoms with E-state index in [-0.39, 0.29) is 38.5 Å². The van der Waals surface area contributed by atoms with Crippen LogP contribution in [0.5, 0.6) is 0 Å². The fourth-order valence-electron chi connectivity index (χ4n) is 1.81. The average Bonchev–Trinajstić information content (AvgIpc) is 2.33. The van der Waals surface area contributed by atoms with Crippen molar-refractivity contribution in [2.24, 2.45) is 0 Å². The van der Waals surface area contributed by atoms with E-state index in [1.807, 2.05) is 11.8 Å². The largest absolute Gasteiger partial charge is 0.374 e. The van der Waals surface area contributed by atoms with Crippen molar-refractivity contribution in [2.45, 2.75) is 6.92 Å². The Bertz CT molecular complexity index is 567. The van der Waals surface area contributed by atoms with Gasteiger partial charge in [0.15, 0.2) is 0 Å². The molecule has 19 heavy (non-hydrogen) atoms. The molecule has 0 aliphatic carbocycles. The SMILES string of the molecule is C=C1C(Cl)=C[C-]=C(c2ccc(Cl)cc2F)N1CC.[Y]. The molecule has 1 heterocycles. The summed E-state index contributed by atoms with van der Waals surface area (Å²) < 4.78 is 13.9. The third kappa shape index (κ3) is 3.49. The first-order valence-corrected chi connectivity index (χ1v) is 6.21. The Morgan fingerprint density at radius 1 is 1.37 bits per heavy atom. The van der Waals surface area contributed by atoms with Gasteiger partial charge < -0.3 is 4.90 Å². The van der Waals surface area contributed by atoms with Gasteiger partial charge in [-0.25, -0.2) is 4.39 Å². The van der Waals surface area contributed by atoms with Gasteiger partial charge in [0.05, 0.1) is 5.82 Å². The molecular formula is C14H11Cl2FNY-. The van der Waals surface area contributed by atoms with E-state index in [0.717, 1.165) is 0 Å². The molecule has 0 saturated heterocycles. The topological polar surface area (TPSA) is 3.24 Å². The van der Waals surface area contributed by atoms with Crippen LogP contribution >= 0.6 is 23.2 Å². The summed E-state index contributed by atoms with van der Waals surface area (Å²) in [5, 5.41) is 0.873. The van der Waals surface area contributed by atoms with Gasteiger partial charge in [-0.05, 0) is 23.7 Å². The second-order valence-corrected chi connectivity index (χ2v) is 4.64. The second-order valence-electron chi connectivity index (χ2n) is 3.80. The Morgan fingerprint density at radius 3 is 2.63 bits per heavy atom. The summed E-state index contributed by atoms with van der Waals surface area (Å²) in [4.78, 5) is 1.81. The number of rotatable bonds is 2. The van der Waals surface area contributed by atoms with Gasteiger partial charge in [0.1, 0.15) is 0 Å². The molecule has 5 heteroatoms. The summed E-state index contributed by atoms with van der Waals surface area (Å²) in [6, 6.07) is 4.55. The summed E-state index contributed by atoms with van der Waals surface area (Å²) in [7, 11) is 0. The molecule has 0 bridgehead atoms. The van der Waals surface area contributed by atoms with Crippen molar-refractivity contribution in [3.63, 3.8) is 0 Å².